The molecule has 0 aromatic heterocycles. The van der Waals surface area contributed by atoms with Crippen molar-refractivity contribution in [3.63, 3.8) is 0 Å². The summed E-state index contributed by atoms with van der Waals surface area (Å²) < 4.78 is 40.4. The smallest absolute Gasteiger partial charge is 0.406 e. The summed E-state index contributed by atoms with van der Waals surface area (Å²) in [5, 5.41) is 10.9. The topological polar surface area (TPSA) is 69.4 Å². The minimum Gasteiger partial charge on any atom is -0.406 e. The fraction of sp³-hybridized carbons (Fsp3) is 0.0714. The molecular weight excluding hydrogens is 303 g/mol. The molecule has 0 aliphatic heterocycles. The zero-order valence-corrected chi connectivity index (χ0v) is 10.8. The number of aldehydes is 1. The number of rotatable bonds is 4. The number of alkyl halides is 3. The van der Waals surface area contributed by atoms with E-state index in [1.807, 2.05) is 0 Å². The quantitative estimate of drug-likeness (QED) is 0.486. The van der Waals surface area contributed by atoms with Crippen LogP contribution in [-0.4, -0.2) is 17.6 Å². The maximum absolute atomic E-state index is 12.2. The predicted molar refractivity (Wildman–Crippen MR) is 70.6 cm³/mol. The minimum absolute atomic E-state index is 0.114. The van der Waals surface area contributed by atoms with Crippen molar-refractivity contribution in [2.24, 2.45) is 0 Å². The van der Waals surface area contributed by atoms with Crippen molar-refractivity contribution in [1.29, 1.82) is 0 Å². The standard InChI is InChI=1S/C14H8F3NO4/c15-14(16,17)22-12-3-1-2-9(6-12)10-4-5-11(8-19)13(7-10)18(20)21/h1-8H. The molecular formula is C14H8F3NO4. The van der Waals surface area contributed by atoms with E-state index >= 15 is 0 Å². The second-order valence-corrected chi connectivity index (χ2v) is 4.22. The SMILES string of the molecule is O=Cc1ccc(-c2cccc(OC(F)(F)F)c2)cc1[N+](=O)[O-]. The summed E-state index contributed by atoms with van der Waals surface area (Å²) in [6.45, 7) is 0. The van der Waals surface area contributed by atoms with Crippen molar-refractivity contribution in [3.05, 3.63) is 58.1 Å². The Labute approximate surface area is 122 Å². The molecule has 0 fully saturated rings. The number of nitrogens with zero attached hydrogens (tertiary/aromatic N) is 1. The molecule has 22 heavy (non-hydrogen) atoms. The third kappa shape index (κ3) is 3.60. The minimum atomic E-state index is -4.83. The summed E-state index contributed by atoms with van der Waals surface area (Å²) in [5.41, 5.74) is 0.0540. The van der Waals surface area contributed by atoms with E-state index in [1.165, 1.54) is 24.3 Å². The molecule has 114 valence electrons. The zero-order chi connectivity index (χ0) is 16.3. The lowest BCUT2D eigenvalue weighted by atomic mass is 10.0. The first-order valence-electron chi connectivity index (χ1n) is 5.90. The van der Waals surface area contributed by atoms with Crippen LogP contribution in [0.1, 0.15) is 10.4 Å². The van der Waals surface area contributed by atoms with E-state index in [4.69, 9.17) is 0 Å². The highest BCUT2D eigenvalue weighted by Gasteiger charge is 2.31. The lowest BCUT2D eigenvalue weighted by Gasteiger charge is -2.10. The molecule has 0 aliphatic carbocycles. The van der Waals surface area contributed by atoms with Gasteiger partial charge in [0.15, 0.2) is 6.29 Å². The molecule has 0 bridgehead atoms. The van der Waals surface area contributed by atoms with Gasteiger partial charge in [-0.15, -0.1) is 13.2 Å². The third-order valence-electron chi connectivity index (χ3n) is 2.76. The second-order valence-electron chi connectivity index (χ2n) is 4.22. The Morgan fingerprint density at radius 1 is 1.09 bits per heavy atom. The van der Waals surface area contributed by atoms with Crippen LogP contribution in [-0.2, 0) is 0 Å². The highest BCUT2D eigenvalue weighted by atomic mass is 19.4. The van der Waals surface area contributed by atoms with Gasteiger partial charge in [-0.3, -0.25) is 14.9 Å². The van der Waals surface area contributed by atoms with Crippen LogP contribution in [0.25, 0.3) is 11.1 Å². The molecule has 0 N–H and O–H groups in total. The molecule has 0 aliphatic rings. The third-order valence-corrected chi connectivity index (χ3v) is 2.76. The zero-order valence-electron chi connectivity index (χ0n) is 10.8. The van der Waals surface area contributed by atoms with Crippen molar-refractivity contribution in [1.82, 2.24) is 0 Å². The molecule has 2 rings (SSSR count). The Kier molecular flexibility index (Phi) is 4.11. The van der Waals surface area contributed by atoms with E-state index in [-0.39, 0.29) is 5.56 Å². The van der Waals surface area contributed by atoms with Gasteiger partial charge < -0.3 is 4.74 Å². The van der Waals surface area contributed by atoms with Crippen molar-refractivity contribution in [2.45, 2.75) is 6.36 Å². The van der Waals surface area contributed by atoms with Gasteiger partial charge in [-0.25, -0.2) is 0 Å². The largest absolute Gasteiger partial charge is 0.573 e. The molecule has 8 heteroatoms. The lowest BCUT2D eigenvalue weighted by Crippen LogP contribution is -2.17. The van der Waals surface area contributed by atoms with E-state index < -0.39 is 22.7 Å². The van der Waals surface area contributed by atoms with Gasteiger partial charge in [0.1, 0.15) is 5.75 Å². The molecule has 0 unspecified atom stereocenters. The Bertz CT molecular complexity index is 728. The molecule has 2 aromatic carbocycles. The summed E-state index contributed by atoms with van der Waals surface area (Å²) in [5.74, 6) is -0.438. The number of benzene rings is 2. The predicted octanol–water partition coefficient (Wildman–Crippen LogP) is 3.97. The van der Waals surface area contributed by atoms with E-state index in [1.54, 1.807) is 0 Å². The van der Waals surface area contributed by atoms with Gasteiger partial charge in [0.25, 0.3) is 5.69 Å². The van der Waals surface area contributed by atoms with Crippen LogP contribution in [0.5, 0.6) is 5.75 Å². The number of hydrogen-bond donors (Lipinski definition) is 0. The number of halogens is 3. The van der Waals surface area contributed by atoms with Crippen molar-refractivity contribution in [3.8, 4) is 16.9 Å². The first-order chi connectivity index (χ1) is 10.3. The summed E-state index contributed by atoms with van der Waals surface area (Å²) in [6.07, 6.45) is -4.49. The number of nitro groups is 1. The molecule has 0 heterocycles. The van der Waals surface area contributed by atoms with Gasteiger partial charge in [0.05, 0.1) is 10.5 Å². The summed E-state index contributed by atoms with van der Waals surface area (Å²) >= 11 is 0. The molecule has 0 spiro atoms. The fourth-order valence-corrected chi connectivity index (χ4v) is 1.85. The van der Waals surface area contributed by atoms with Crippen molar-refractivity contribution in [2.75, 3.05) is 0 Å². The maximum atomic E-state index is 12.2. The second kappa shape index (κ2) is 5.84. The molecule has 5 nitrogen and oxygen atoms in total. The van der Waals surface area contributed by atoms with Gasteiger partial charge in [-0.05, 0) is 29.3 Å². The molecule has 0 saturated heterocycles. The molecule has 0 amide bonds. The Hall–Kier alpha value is -2.90. The van der Waals surface area contributed by atoms with Gasteiger partial charge >= 0.3 is 6.36 Å². The summed E-state index contributed by atoms with van der Waals surface area (Å²) in [7, 11) is 0. The van der Waals surface area contributed by atoms with Gasteiger partial charge in [-0.1, -0.05) is 18.2 Å². The number of carbonyl (C=O) groups excluding carboxylic acids is 1. The van der Waals surface area contributed by atoms with Crippen LogP contribution in [0.4, 0.5) is 18.9 Å². The number of hydrogen-bond acceptors (Lipinski definition) is 4. The summed E-state index contributed by atoms with van der Waals surface area (Å²) in [4.78, 5) is 20.9. The van der Waals surface area contributed by atoms with Crippen LogP contribution in [0.3, 0.4) is 0 Å². The number of nitro benzene ring substituents is 1. The van der Waals surface area contributed by atoms with Crippen LogP contribution in [0.2, 0.25) is 0 Å². The van der Waals surface area contributed by atoms with Crippen molar-refractivity contribution < 1.29 is 27.6 Å². The molecule has 0 radical (unpaired) electrons. The molecule has 0 saturated carbocycles. The van der Waals surface area contributed by atoms with Gasteiger partial charge in [-0.2, -0.15) is 0 Å². The van der Waals surface area contributed by atoms with E-state index in [0.29, 0.717) is 17.4 Å². The first-order valence-corrected chi connectivity index (χ1v) is 5.90. The molecule has 0 atom stereocenters. The van der Waals surface area contributed by atoms with E-state index in [2.05, 4.69) is 4.74 Å². The highest BCUT2D eigenvalue weighted by Crippen LogP contribution is 2.30. The monoisotopic (exact) mass is 311 g/mol. The average Bonchev–Trinajstić information content (AvgIpc) is 2.45. The Morgan fingerprint density at radius 2 is 1.77 bits per heavy atom. The number of ether oxygens (including phenoxy) is 1. The maximum Gasteiger partial charge on any atom is 0.573 e. The Morgan fingerprint density at radius 3 is 2.36 bits per heavy atom. The van der Waals surface area contributed by atoms with Crippen LogP contribution in [0.15, 0.2) is 42.5 Å². The normalized spacial score (nSPS) is 11.0. The van der Waals surface area contributed by atoms with Gasteiger partial charge in [0.2, 0.25) is 0 Å². The van der Waals surface area contributed by atoms with E-state index in [0.717, 1.165) is 18.2 Å². The van der Waals surface area contributed by atoms with Crippen LogP contribution in [0, 0.1) is 10.1 Å². The van der Waals surface area contributed by atoms with Crippen LogP contribution >= 0.6 is 0 Å². The van der Waals surface area contributed by atoms with E-state index in [9.17, 15) is 28.1 Å². The highest BCUT2D eigenvalue weighted by molar-refractivity contribution is 5.84. The first kappa shape index (κ1) is 15.5. The van der Waals surface area contributed by atoms with Crippen molar-refractivity contribution >= 4 is 12.0 Å². The van der Waals surface area contributed by atoms with Gasteiger partial charge in [0, 0.05) is 6.07 Å². The molecule has 2 aromatic rings. The lowest BCUT2D eigenvalue weighted by molar-refractivity contribution is -0.385. The Balaban J connectivity index is 2.44. The fourth-order valence-electron chi connectivity index (χ4n) is 1.85. The summed E-state index contributed by atoms with van der Waals surface area (Å²) in [6, 6.07) is 8.79. The average molecular weight is 311 g/mol. The number of carbonyl (C=O) groups is 1. The van der Waals surface area contributed by atoms with Crippen LogP contribution < -0.4 is 4.74 Å².